The monoisotopic (exact) mass is 966 g/mol. The Morgan fingerprint density at radius 3 is 1.20 bits per heavy atom. The van der Waals surface area contributed by atoms with Crippen molar-refractivity contribution in [2.45, 2.75) is 116 Å². The predicted octanol–water partition coefficient (Wildman–Crippen LogP) is 5.96. The Morgan fingerprint density at radius 2 is 0.870 bits per heavy atom. The van der Waals surface area contributed by atoms with Crippen LogP contribution in [0.4, 0.5) is 11.4 Å². The maximum absolute atomic E-state index is 12.9. The van der Waals surface area contributed by atoms with Crippen molar-refractivity contribution in [3.05, 3.63) is 156 Å². The first-order chi connectivity index (χ1) is 32.4. The molecule has 0 saturated heterocycles. The van der Waals surface area contributed by atoms with Crippen molar-refractivity contribution in [3.63, 3.8) is 0 Å². The zero-order chi connectivity index (χ0) is 49.3. The molecule has 6 rings (SSSR count). The molecule has 2 amide bonds. The summed E-state index contributed by atoms with van der Waals surface area (Å²) >= 11 is 0. The van der Waals surface area contributed by atoms with E-state index < -0.39 is 49.2 Å². The molecule has 0 aliphatic carbocycles. The van der Waals surface area contributed by atoms with Gasteiger partial charge in [-0.05, 0) is 108 Å². The van der Waals surface area contributed by atoms with Gasteiger partial charge < -0.3 is 60.0 Å². The van der Waals surface area contributed by atoms with Crippen LogP contribution in [-0.4, -0.2) is 115 Å². The van der Waals surface area contributed by atoms with E-state index in [9.17, 15) is 49.8 Å². The fraction of sp³-hybridized carbons (Fsp3) is 0.333. The van der Waals surface area contributed by atoms with Crippen molar-refractivity contribution >= 4 is 72.9 Å². The van der Waals surface area contributed by atoms with E-state index in [1.807, 2.05) is 106 Å². The van der Waals surface area contributed by atoms with Gasteiger partial charge in [0.2, 0.25) is 0 Å². The zero-order valence-corrected chi connectivity index (χ0v) is 41.9. The molecule has 2 aromatic heterocycles. The van der Waals surface area contributed by atoms with E-state index >= 15 is 0 Å². The molecule has 4 unspecified atom stereocenters. The molecule has 2 heterocycles. The molecule has 14 nitrogen and oxygen atoms in total. The van der Waals surface area contributed by atoms with E-state index in [0.717, 1.165) is 22.5 Å². The quantitative estimate of drug-likeness (QED) is 0.0437. The summed E-state index contributed by atoms with van der Waals surface area (Å²) in [6.45, 7) is 9.24. The standard InChI is InChI=1S/2C27H32N2O5.Ca/c2*1-18(2)19-7-6-8-20(13-19)25-14-21(27(34)28-22-9-4-3-5-10-22)17-29(25)12-11-23(30)15-24(31)16-26(32)33;/h2*3-10,13-14,17-18,23-24,30-31H,11-12,15-16H2,1-2H3,(H,28,34)(H,32,33);/q;;+2/p-2. The molecule has 69 heavy (non-hydrogen) atoms. The summed E-state index contributed by atoms with van der Waals surface area (Å²) in [5, 5.41) is 67.3. The molecule has 6 N–H and O–H groups in total. The second-order valence-corrected chi connectivity index (χ2v) is 17.6. The molecule has 0 radical (unpaired) electrons. The molecule has 360 valence electrons. The summed E-state index contributed by atoms with van der Waals surface area (Å²) in [5.74, 6) is -2.50. The molecule has 0 bridgehead atoms. The molecule has 4 atom stereocenters. The Kier molecular flexibility index (Phi) is 22.4. The normalized spacial score (nSPS) is 12.8. The number of carbonyl (C=O) groups excluding carboxylic acids is 4. The minimum Gasteiger partial charge on any atom is -0.550 e. The minimum atomic E-state index is -1.36. The van der Waals surface area contributed by atoms with Crippen LogP contribution >= 0.6 is 0 Å². The first kappa shape index (κ1) is 56.0. The van der Waals surface area contributed by atoms with E-state index in [1.54, 1.807) is 12.4 Å². The first-order valence-electron chi connectivity index (χ1n) is 22.9. The summed E-state index contributed by atoms with van der Waals surface area (Å²) in [6, 6.07) is 38.3. The van der Waals surface area contributed by atoms with Crippen LogP contribution in [0.5, 0.6) is 0 Å². The summed E-state index contributed by atoms with van der Waals surface area (Å²) in [4.78, 5) is 47.1. The van der Waals surface area contributed by atoms with Crippen LogP contribution in [0.15, 0.2) is 134 Å². The van der Waals surface area contributed by atoms with Crippen molar-refractivity contribution in [2.75, 3.05) is 10.6 Å². The topological polar surface area (TPSA) is 229 Å². The van der Waals surface area contributed by atoms with Crippen molar-refractivity contribution < 1.29 is 49.8 Å². The van der Waals surface area contributed by atoms with Crippen molar-refractivity contribution in [3.8, 4) is 22.5 Å². The SMILES string of the molecule is CC(C)c1cccc(-c2cc(C(=O)Nc3ccccc3)cn2CCC(O)CC(O)CC(=O)[O-])c1.CC(C)c1cccc(-c2cc(C(=O)Nc3ccccc3)cn2CCC(O)CC(O)CC(=O)[O-])c1.[Ca+2]. The van der Waals surface area contributed by atoms with Gasteiger partial charge in [-0.3, -0.25) is 9.59 Å². The van der Waals surface area contributed by atoms with Crippen molar-refractivity contribution in [2.24, 2.45) is 0 Å². The third-order valence-corrected chi connectivity index (χ3v) is 11.4. The number of aliphatic carboxylic acids is 2. The smallest absolute Gasteiger partial charge is 0.550 e. The number of carboxylic acid groups (broad SMARTS) is 2. The van der Waals surface area contributed by atoms with Gasteiger partial charge in [0, 0.05) is 73.0 Å². The number of aromatic nitrogens is 2. The van der Waals surface area contributed by atoms with Gasteiger partial charge in [0.25, 0.3) is 11.8 Å². The number of para-hydroxylation sites is 2. The Bertz CT molecular complexity index is 2400. The molecular weight excluding hydrogens is 905 g/mol. The number of aliphatic hydroxyl groups is 4. The number of aliphatic hydroxyl groups excluding tert-OH is 4. The van der Waals surface area contributed by atoms with Crippen LogP contribution in [0.2, 0.25) is 0 Å². The van der Waals surface area contributed by atoms with Crippen LogP contribution in [0.3, 0.4) is 0 Å². The van der Waals surface area contributed by atoms with Crippen LogP contribution < -0.4 is 20.8 Å². The van der Waals surface area contributed by atoms with Gasteiger partial charge in [-0.1, -0.05) is 100 Å². The number of benzene rings is 4. The molecule has 4 aromatic carbocycles. The van der Waals surface area contributed by atoms with E-state index in [4.69, 9.17) is 0 Å². The molecule has 0 spiro atoms. The van der Waals surface area contributed by atoms with Gasteiger partial charge in [-0.15, -0.1) is 0 Å². The Hall–Kier alpha value is -5.58. The van der Waals surface area contributed by atoms with Gasteiger partial charge in [0.1, 0.15) is 0 Å². The second-order valence-electron chi connectivity index (χ2n) is 17.6. The third-order valence-electron chi connectivity index (χ3n) is 11.4. The minimum absolute atomic E-state index is 0. The Balaban J connectivity index is 0.000000296. The fourth-order valence-corrected chi connectivity index (χ4v) is 7.68. The predicted molar refractivity (Wildman–Crippen MR) is 264 cm³/mol. The summed E-state index contributed by atoms with van der Waals surface area (Å²) in [7, 11) is 0. The summed E-state index contributed by atoms with van der Waals surface area (Å²) in [5.41, 5.74) is 8.29. The number of carbonyl (C=O) groups is 4. The number of rotatable bonds is 22. The number of hydrogen-bond donors (Lipinski definition) is 6. The summed E-state index contributed by atoms with van der Waals surface area (Å²) < 4.78 is 3.82. The Labute approximate surface area is 433 Å². The maximum Gasteiger partial charge on any atom is 2.00 e. The molecule has 0 fully saturated rings. The Morgan fingerprint density at radius 1 is 0.507 bits per heavy atom. The molecule has 0 saturated carbocycles. The summed E-state index contributed by atoms with van der Waals surface area (Å²) in [6.07, 6.45) is -1.21. The zero-order valence-electron chi connectivity index (χ0n) is 39.7. The average Bonchev–Trinajstić information content (AvgIpc) is 3.94. The first-order valence-corrected chi connectivity index (χ1v) is 22.9. The molecule has 6 aromatic rings. The van der Waals surface area contributed by atoms with Crippen molar-refractivity contribution in [1.82, 2.24) is 9.13 Å². The van der Waals surface area contributed by atoms with E-state index in [-0.39, 0.29) is 75.2 Å². The van der Waals surface area contributed by atoms with Gasteiger partial charge in [-0.2, -0.15) is 0 Å². The number of nitrogens with one attached hydrogen (secondary N) is 2. The fourth-order valence-electron chi connectivity index (χ4n) is 7.68. The molecule has 0 aliphatic heterocycles. The number of hydrogen-bond acceptors (Lipinski definition) is 10. The number of carboxylic acids is 2. The van der Waals surface area contributed by atoms with Crippen LogP contribution in [0, 0.1) is 0 Å². The number of nitrogens with zero attached hydrogens (tertiary/aromatic N) is 2. The number of amides is 2. The van der Waals surface area contributed by atoms with Crippen LogP contribution in [0.25, 0.3) is 22.5 Å². The van der Waals surface area contributed by atoms with E-state index in [0.29, 0.717) is 47.4 Å². The van der Waals surface area contributed by atoms with Gasteiger partial charge in [0.15, 0.2) is 0 Å². The van der Waals surface area contributed by atoms with Crippen LogP contribution in [-0.2, 0) is 22.7 Å². The van der Waals surface area contributed by atoms with Gasteiger partial charge >= 0.3 is 37.7 Å². The largest absolute Gasteiger partial charge is 2.00 e. The maximum atomic E-state index is 12.9. The third kappa shape index (κ3) is 18.0. The van der Waals surface area contributed by atoms with E-state index in [1.165, 1.54) is 11.1 Å². The van der Waals surface area contributed by atoms with Crippen LogP contribution in [0.1, 0.15) is 110 Å². The van der Waals surface area contributed by atoms with Gasteiger partial charge in [0.05, 0.1) is 35.5 Å². The second kappa shape index (κ2) is 27.6. The average molecular weight is 967 g/mol. The van der Waals surface area contributed by atoms with E-state index in [2.05, 4.69) is 62.6 Å². The van der Waals surface area contributed by atoms with Crippen molar-refractivity contribution in [1.29, 1.82) is 0 Å². The molecular formula is C54H62CaN4O10. The van der Waals surface area contributed by atoms with Gasteiger partial charge in [-0.25, -0.2) is 0 Å². The molecule has 15 heteroatoms. The molecule has 0 aliphatic rings. The number of aryl methyl sites for hydroxylation is 2. The number of anilines is 2.